The first kappa shape index (κ1) is 12.2. The first-order chi connectivity index (χ1) is 9.08. The lowest BCUT2D eigenvalue weighted by molar-refractivity contribution is 1.17. The molecule has 0 aliphatic rings. The molecular formula is C16H15ClN2. The summed E-state index contributed by atoms with van der Waals surface area (Å²) < 4.78 is 2.05. The standard InChI is InChI=1S/C16H15ClN2/c1-10-7-11(2)15(12(3)8-10)14-9-18-16-13(17)5-4-6-19(14)16/h4-9H,1-3H3. The molecule has 0 bridgehead atoms. The summed E-state index contributed by atoms with van der Waals surface area (Å²) in [5.74, 6) is 0. The van der Waals surface area contributed by atoms with Crippen molar-refractivity contribution in [3.63, 3.8) is 0 Å². The number of hydrogen-bond acceptors (Lipinski definition) is 1. The fourth-order valence-electron chi connectivity index (χ4n) is 2.75. The van der Waals surface area contributed by atoms with E-state index in [1.807, 2.05) is 28.9 Å². The van der Waals surface area contributed by atoms with Crippen molar-refractivity contribution in [2.24, 2.45) is 0 Å². The smallest absolute Gasteiger partial charge is 0.156 e. The Labute approximate surface area is 117 Å². The fraction of sp³-hybridized carbons (Fsp3) is 0.188. The largest absolute Gasteiger partial charge is 0.298 e. The molecule has 0 saturated carbocycles. The minimum atomic E-state index is 0.677. The van der Waals surface area contributed by atoms with Crippen molar-refractivity contribution in [1.82, 2.24) is 9.38 Å². The number of aromatic nitrogens is 2. The maximum absolute atomic E-state index is 6.18. The number of rotatable bonds is 1. The van der Waals surface area contributed by atoms with Crippen LogP contribution >= 0.6 is 11.6 Å². The van der Waals surface area contributed by atoms with Gasteiger partial charge in [0, 0.05) is 11.8 Å². The van der Waals surface area contributed by atoms with Gasteiger partial charge in [-0.15, -0.1) is 0 Å². The van der Waals surface area contributed by atoms with Crippen LogP contribution in [0.5, 0.6) is 0 Å². The molecular weight excluding hydrogens is 256 g/mol. The monoisotopic (exact) mass is 270 g/mol. The second-order valence-electron chi connectivity index (χ2n) is 4.97. The summed E-state index contributed by atoms with van der Waals surface area (Å²) >= 11 is 6.18. The number of nitrogens with zero attached hydrogens (tertiary/aromatic N) is 2. The van der Waals surface area contributed by atoms with Gasteiger partial charge in [-0.3, -0.25) is 4.40 Å². The molecule has 3 aromatic rings. The fourth-order valence-corrected chi connectivity index (χ4v) is 2.96. The van der Waals surface area contributed by atoms with Crippen LogP contribution in [0.2, 0.25) is 5.02 Å². The third-order valence-corrected chi connectivity index (χ3v) is 3.72. The van der Waals surface area contributed by atoms with Crippen LogP contribution in [0.15, 0.2) is 36.7 Å². The molecule has 0 N–H and O–H groups in total. The molecule has 0 aliphatic carbocycles. The molecule has 3 heteroatoms. The Morgan fingerprint density at radius 3 is 2.47 bits per heavy atom. The van der Waals surface area contributed by atoms with Crippen LogP contribution in [0.4, 0.5) is 0 Å². The van der Waals surface area contributed by atoms with Crippen molar-refractivity contribution in [3.05, 3.63) is 58.4 Å². The second kappa shape index (κ2) is 4.39. The van der Waals surface area contributed by atoms with E-state index in [4.69, 9.17) is 11.6 Å². The number of halogens is 1. The van der Waals surface area contributed by atoms with Gasteiger partial charge in [0.2, 0.25) is 0 Å². The Morgan fingerprint density at radius 1 is 1.11 bits per heavy atom. The molecule has 0 unspecified atom stereocenters. The molecule has 2 heterocycles. The van der Waals surface area contributed by atoms with Crippen molar-refractivity contribution < 1.29 is 0 Å². The highest BCUT2D eigenvalue weighted by atomic mass is 35.5. The van der Waals surface area contributed by atoms with Crippen LogP contribution in [0.25, 0.3) is 16.9 Å². The summed E-state index contributed by atoms with van der Waals surface area (Å²) in [4.78, 5) is 4.43. The predicted molar refractivity (Wildman–Crippen MR) is 79.8 cm³/mol. The normalized spacial score (nSPS) is 11.2. The van der Waals surface area contributed by atoms with Crippen LogP contribution in [0.3, 0.4) is 0 Å². The SMILES string of the molecule is Cc1cc(C)c(-c2cnc3c(Cl)cccn23)c(C)c1. The minimum absolute atomic E-state index is 0.677. The van der Waals surface area contributed by atoms with Crippen molar-refractivity contribution in [2.75, 3.05) is 0 Å². The van der Waals surface area contributed by atoms with Crippen LogP contribution < -0.4 is 0 Å². The van der Waals surface area contributed by atoms with E-state index in [1.165, 1.54) is 22.3 Å². The lowest BCUT2D eigenvalue weighted by Crippen LogP contribution is -1.94. The minimum Gasteiger partial charge on any atom is -0.298 e. The molecule has 0 radical (unpaired) electrons. The average Bonchev–Trinajstić information content (AvgIpc) is 2.73. The van der Waals surface area contributed by atoms with Crippen molar-refractivity contribution in [2.45, 2.75) is 20.8 Å². The highest BCUT2D eigenvalue weighted by Gasteiger charge is 2.12. The van der Waals surface area contributed by atoms with E-state index in [2.05, 4.69) is 37.9 Å². The topological polar surface area (TPSA) is 17.3 Å². The van der Waals surface area contributed by atoms with Crippen LogP contribution in [0.1, 0.15) is 16.7 Å². The number of hydrogen-bond donors (Lipinski definition) is 0. The second-order valence-corrected chi connectivity index (χ2v) is 5.37. The van der Waals surface area contributed by atoms with Gasteiger partial charge in [-0.2, -0.15) is 0 Å². The number of imidazole rings is 1. The molecule has 0 atom stereocenters. The number of benzene rings is 1. The van der Waals surface area contributed by atoms with E-state index >= 15 is 0 Å². The third-order valence-electron chi connectivity index (χ3n) is 3.42. The molecule has 0 spiro atoms. The van der Waals surface area contributed by atoms with Crippen LogP contribution in [0, 0.1) is 20.8 Å². The van der Waals surface area contributed by atoms with Gasteiger partial charge in [-0.25, -0.2) is 4.98 Å². The van der Waals surface area contributed by atoms with Gasteiger partial charge in [0.15, 0.2) is 5.65 Å². The molecule has 0 saturated heterocycles. The maximum Gasteiger partial charge on any atom is 0.156 e. The maximum atomic E-state index is 6.18. The van der Waals surface area contributed by atoms with Crippen molar-refractivity contribution in [1.29, 1.82) is 0 Å². The summed E-state index contributed by atoms with van der Waals surface area (Å²) in [7, 11) is 0. The van der Waals surface area contributed by atoms with Gasteiger partial charge in [-0.05, 0) is 44.0 Å². The Morgan fingerprint density at radius 2 is 1.79 bits per heavy atom. The zero-order valence-electron chi connectivity index (χ0n) is 11.2. The highest BCUT2D eigenvalue weighted by molar-refractivity contribution is 6.33. The summed E-state index contributed by atoms with van der Waals surface area (Å²) in [6.45, 7) is 6.40. The summed E-state index contributed by atoms with van der Waals surface area (Å²) in [6, 6.07) is 8.21. The summed E-state index contributed by atoms with van der Waals surface area (Å²) in [6.07, 6.45) is 3.90. The first-order valence-electron chi connectivity index (χ1n) is 6.27. The number of fused-ring (bicyclic) bond motifs is 1. The van der Waals surface area contributed by atoms with E-state index in [9.17, 15) is 0 Å². The quantitative estimate of drug-likeness (QED) is 0.633. The number of pyridine rings is 1. The van der Waals surface area contributed by atoms with Crippen molar-refractivity contribution in [3.8, 4) is 11.3 Å². The molecule has 2 nitrogen and oxygen atoms in total. The molecule has 1 aromatic carbocycles. The summed E-state index contributed by atoms with van der Waals surface area (Å²) in [5.41, 5.74) is 6.94. The Hall–Kier alpha value is -1.80. The van der Waals surface area contributed by atoms with Crippen LogP contribution in [-0.2, 0) is 0 Å². The van der Waals surface area contributed by atoms with E-state index in [0.717, 1.165) is 11.3 Å². The van der Waals surface area contributed by atoms with Gasteiger partial charge in [0.05, 0.1) is 16.9 Å². The Kier molecular flexibility index (Phi) is 2.83. The zero-order valence-corrected chi connectivity index (χ0v) is 12.0. The average molecular weight is 271 g/mol. The predicted octanol–water partition coefficient (Wildman–Crippen LogP) is 4.58. The molecule has 2 aromatic heterocycles. The van der Waals surface area contributed by atoms with E-state index in [1.54, 1.807) is 0 Å². The van der Waals surface area contributed by atoms with Gasteiger partial charge in [0.1, 0.15) is 0 Å². The van der Waals surface area contributed by atoms with Crippen LogP contribution in [-0.4, -0.2) is 9.38 Å². The highest BCUT2D eigenvalue weighted by Crippen LogP contribution is 2.30. The lowest BCUT2D eigenvalue weighted by Gasteiger charge is -2.11. The third kappa shape index (κ3) is 1.92. The van der Waals surface area contributed by atoms with E-state index < -0.39 is 0 Å². The van der Waals surface area contributed by atoms with E-state index in [-0.39, 0.29) is 0 Å². The van der Waals surface area contributed by atoms with E-state index in [0.29, 0.717) is 5.02 Å². The molecule has 0 amide bonds. The molecule has 19 heavy (non-hydrogen) atoms. The van der Waals surface area contributed by atoms with Gasteiger partial charge < -0.3 is 0 Å². The Balaban J connectivity index is 2.34. The van der Waals surface area contributed by atoms with Crippen molar-refractivity contribution >= 4 is 17.2 Å². The molecule has 96 valence electrons. The van der Waals surface area contributed by atoms with Gasteiger partial charge >= 0.3 is 0 Å². The molecule has 3 rings (SSSR count). The first-order valence-corrected chi connectivity index (χ1v) is 6.65. The molecule has 0 aliphatic heterocycles. The lowest BCUT2D eigenvalue weighted by atomic mass is 9.98. The van der Waals surface area contributed by atoms with Gasteiger partial charge in [-0.1, -0.05) is 29.3 Å². The summed E-state index contributed by atoms with van der Waals surface area (Å²) in [5, 5.41) is 0.677. The zero-order chi connectivity index (χ0) is 13.6. The number of aryl methyl sites for hydroxylation is 3. The van der Waals surface area contributed by atoms with Gasteiger partial charge in [0.25, 0.3) is 0 Å². The molecule has 0 fully saturated rings. The Bertz CT molecular complexity index is 749.